The SMILES string of the molecule is COc1cc(COP(C)(=O)OC)cc(OC)c1O[Si](C)(C)C(C)(C)C. The maximum Gasteiger partial charge on any atom is 0.327 e. The Bertz CT molecular complexity index is 614. The summed E-state index contributed by atoms with van der Waals surface area (Å²) in [7, 11) is -0.606. The van der Waals surface area contributed by atoms with Crippen LogP contribution in [0.2, 0.25) is 18.1 Å². The number of methoxy groups -OCH3 is 2. The highest BCUT2D eigenvalue weighted by atomic mass is 31.2. The molecule has 144 valence electrons. The van der Waals surface area contributed by atoms with Crippen LogP contribution in [-0.2, 0) is 20.2 Å². The molecule has 1 unspecified atom stereocenters. The van der Waals surface area contributed by atoms with Gasteiger partial charge in [0.05, 0.1) is 20.8 Å². The Labute approximate surface area is 152 Å². The van der Waals surface area contributed by atoms with Crippen molar-refractivity contribution in [3.8, 4) is 17.2 Å². The largest absolute Gasteiger partial charge is 0.539 e. The molecule has 8 heteroatoms. The second-order valence-corrected chi connectivity index (χ2v) is 14.3. The lowest BCUT2D eigenvalue weighted by molar-refractivity contribution is 0.229. The van der Waals surface area contributed by atoms with E-state index >= 15 is 0 Å². The second-order valence-electron chi connectivity index (χ2n) is 7.42. The molecule has 1 aromatic carbocycles. The maximum atomic E-state index is 11.9. The van der Waals surface area contributed by atoms with Gasteiger partial charge in [0.25, 0.3) is 8.32 Å². The molecule has 1 atom stereocenters. The Morgan fingerprint density at radius 3 is 1.88 bits per heavy atom. The Kier molecular flexibility index (Phi) is 7.16. The van der Waals surface area contributed by atoms with Crippen LogP contribution in [0.15, 0.2) is 12.1 Å². The van der Waals surface area contributed by atoms with E-state index in [1.165, 1.54) is 13.8 Å². The van der Waals surface area contributed by atoms with Gasteiger partial charge in [-0.3, -0.25) is 4.57 Å². The van der Waals surface area contributed by atoms with Gasteiger partial charge in [0.2, 0.25) is 0 Å². The van der Waals surface area contributed by atoms with Crippen molar-refractivity contribution in [2.75, 3.05) is 28.0 Å². The molecular weight excluding hydrogens is 359 g/mol. The van der Waals surface area contributed by atoms with E-state index in [0.29, 0.717) is 17.2 Å². The molecule has 0 fully saturated rings. The first kappa shape index (κ1) is 22.0. The van der Waals surface area contributed by atoms with Crippen LogP contribution in [0.3, 0.4) is 0 Å². The minimum Gasteiger partial charge on any atom is -0.539 e. The van der Waals surface area contributed by atoms with Gasteiger partial charge in [-0.25, -0.2) is 0 Å². The monoisotopic (exact) mass is 390 g/mol. The average Bonchev–Trinajstić information content (AvgIpc) is 2.52. The third-order valence-electron chi connectivity index (χ3n) is 4.48. The third-order valence-corrected chi connectivity index (χ3v) is 10.1. The van der Waals surface area contributed by atoms with E-state index in [-0.39, 0.29) is 11.6 Å². The topological polar surface area (TPSA) is 63.2 Å². The van der Waals surface area contributed by atoms with Gasteiger partial charge < -0.3 is 22.9 Å². The number of rotatable bonds is 8. The van der Waals surface area contributed by atoms with E-state index in [0.717, 1.165) is 5.56 Å². The van der Waals surface area contributed by atoms with Crippen LogP contribution >= 0.6 is 7.60 Å². The Hall–Kier alpha value is -1.01. The van der Waals surface area contributed by atoms with Crippen molar-refractivity contribution in [1.82, 2.24) is 0 Å². The number of benzene rings is 1. The van der Waals surface area contributed by atoms with Crippen molar-refractivity contribution in [3.63, 3.8) is 0 Å². The van der Waals surface area contributed by atoms with E-state index in [2.05, 4.69) is 33.9 Å². The van der Waals surface area contributed by atoms with Gasteiger partial charge in [-0.2, -0.15) is 0 Å². The van der Waals surface area contributed by atoms with E-state index in [1.807, 2.05) is 0 Å². The third kappa shape index (κ3) is 5.74. The summed E-state index contributed by atoms with van der Waals surface area (Å²) >= 11 is 0. The van der Waals surface area contributed by atoms with E-state index in [4.69, 9.17) is 22.9 Å². The zero-order chi connectivity index (χ0) is 19.5. The van der Waals surface area contributed by atoms with Crippen LogP contribution < -0.4 is 13.9 Å². The molecule has 0 bridgehead atoms. The van der Waals surface area contributed by atoms with Crippen molar-refractivity contribution in [3.05, 3.63) is 17.7 Å². The van der Waals surface area contributed by atoms with Crippen LogP contribution in [0.1, 0.15) is 26.3 Å². The lowest BCUT2D eigenvalue weighted by atomic mass is 10.2. The summed E-state index contributed by atoms with van der Waals surface area (Å²) in [6.07, 6.45) is 0. The molecule has 0 aliphatic carbocycles. The average molecular weight is 390 g/mol. The molecule has 0 heterocycles. The molecule has 0 aromatic heterocycles. The fourth-order valence-corrected chi connectivity index (χ4v) is 3.28. The Morgan fingerprint density at radius 2 is 1.52 bits per heavy atom. The normalized spacial score (nSPS) is 14.8. The van der Waals surface area contributed by atoms with Crippen molar-refractivity contribution < 1.29 is 27.5 Å². The van der Waals surface area contributed by atoms with E-state index < -0.39 is 15.9 Å². The molecule has 0 amide bonds. The zero-order valence-corrected chi connectivity index (χ0v) is 18.7. The number of hydrogen-bond acceptors (Lipinski definition) is 6. The lowest BCUT2D eigenvalue weighted by Crippen LogP contribution is -2.44. The van der Waals surface area contributed by atoms with E-state index in [9.17, 15) is 4.57 Å². The van der Waals surface area contributed by atoms with Gasteiger partial charge in [-0.1, -0.05) is 20.8 Å². The molecule has 0 radical (unpaired) electrons. The quantitative estimate of drug-likeness (QED) is 0.456. The van der Waals surface area contributed by atoms with Crippen LogP contribution in [0.5, 0.6) is 17.2 Å². The van der Waals surface area contributed by atoms with E-state index in [1.54, 1.807) is 26.4 Å². The highest BCUT2D eigenvalue weighted by molar-refractivity contribution is 7.52. The Morgan fingerprint density at radius 1 is 1.04 bits per heavy atom. The molecule has 1 rings (SSSR count). The summed E-state index contributed by atoms with van der Waals surface area (Å²) in [6, 6.07) is 3.61. The summed E-state index contributed by atoms with van der Waals surface area (Å²) in [5.41, 5.74) is 0.760. The van der Waals surface area contributed by atoms with Gasteiger partial charge in [0.1, 0.15) is 0 Å². The molecular formula is C17H31O6PSi. The number of ether oxygens (including phenoxy) is 2. The van der Waals surface area contributed by atoms with Crippen LogP contribution in [0, 0.1) is 0 Å². The summed E-state index contributed by atoms with van der Waals surface area (Å²) < 4.78 is 39.5. The van der Waals surface area contributed by atoms with Crippen LogP contribution in [0.4, 0.5) is 0 Å². The first-order chi connectivity index (χ1) is 11.4. The fraction of sp³-hybridized carbons (Fsp3) is 0.647. The fourth-order valence-electron chi connectivity index (χ4n) is 1.77. The predicted molar refractivity (Wildman–Crippen MR) is 103 cm³/mol. The standard InChI is InChI=1S/C17H31O6PSi/c1-17(2,3)25(8,9)23-16-14(19-4)10-13(11-15(16)20-5)12-22-24(7,18)21-6/h10-11H,12H2,1-9H3. The van der Waals surface area contributed by atoms with Crippen molar-refractivity contribution >= 4 is 15.9 Å². The lowest BCUT2D eigenvalue weighted by Gasteiger charge is -2.37. The molecule has 0 aliphatic rings. The van der Waals surface area contributed by atoms with Gasteiger partial charge in [-0.05, 0) is 35.8 Å². The molecule has 25 heavy (non-hydrogen) atoms. The molecule has 0 saturated heterocycles. The van der Waals surface area contributed by atoms with Gasteiger partial charge in [-0.15, -0.1) is 0 Å². The first-order valence-electron chi connectivity index (χ1n) is 8.08. The van der Waals surface area contributed by atoms with Gasteiger partial charge >= 0.3 is 7.60 Å². The molecule has 0 N–H and O–H groups in total. The Balaban J connectivity index is 3.21. The first-order valence-corrected chi connectivity index (χ1v) is 13.0. The highest BCUT2D eigenvalue weighted by Crippen LogP contribution is 2.47. The summed E-state index contributed by atoms with van der Waals surface area (Å²) in [5, 5.41) is 0.0398. The maximum absolute atomic E-state index is 11.9. The zero-order valence-electron chi connectivity index (χ0n) is 16.8. The smallest absolute Gasteiger partial charge is 0.327 e. The van der Waals surface area contributed by atoms with Gasteiger partial charge in [0, 0.05) is 13.8 Å². The molecule has 1 aromatic rings. The molecule has 6 nitrogen and oxygen atoms in total. The minimum absolute atomic E-state index is 0.0398. The molecule has 0 saturated carbocycles. The van der Waals surface area contributed by atoms with Crippen molar-refractivity contribution in [2.24, 2.45) is 0 Å². The number of hydrogen-bond donors (Lipinski definition) is 0. The minimum atomic E-state index is -3.06. The van der Waals surface area contributed by atoms with Crippen molar-refractivity contribution in [1.29, 1.82) is 0 Å². The van der Waals surface area contributed by atoms with Crippen LogP contribution in [0.25, 0.3) is 0 Å². The second kappa shape index (κ2) is 8.12. The van der Waals surface area contributed by atoms with Gasteiger partial charge in [0.15, 0.2) is 17.2 Å². The highest BCUT2D eigenvalue weighted by Gasteiger charge is 2.40. The van der Waals surface area contributed by atoms with Crippen molar-refractivity contribution in [2.45, 2.75) is 45.5 Å². The molecule has 0 aliphatic heterocycles. The molecule has 0 spiro atoms. The predicted octanol–water partition coefficient (Wildman–Crippen LogP) is 5.07. The summed E-state index contributed by atoms with van der Waals surface area (Å²) in [5.74, 6) is 1.71. The summed E-state index contributed by atoms with van der Waals surface area (Å²) in [6.45, 7) is 12.4. The van der Waals surface area contributed by atoms with Crippen LogP contribution in [-0.4, -0.2) is 36.3 Å². The summed E-state index contributed by atoms with van der Waals surface area (Å²) in [4.78, 5) is 0.